The summed E-state index contributed by atoms with van der Waals surface area (Å²) in [6.07, 6.45) is 1.34. The molecule has 0 aliphatic carbocycles. The third kappa shape index (κ3) is 4.97. The fraction of sp³-hybridized carbons (Fsp3) is 0.500. The van der Waals surface area contributed by atoms with Crippen LogP contribution >= 0.6 is 0 Å². The number of aliphatic hydroxyl groups excluding tert-OH is 1. The Labute approximate surface area is 76.6 Å². The lowest BCUT2D eigenvalue weighted by molar-refractivity contribution is -0.129. The van der Waals surface area contributed by atoms with Crippen LogP contribution in [0, 0.1) is 0 Å². The normalized spacial score (nSPS) is 15.2. The van der Waals surface area contributed by atoms with Crippen LogP contribution in [-0.4, -0.2) is 48.7 Å². The molecule has 0 aromatic carbocycles. The maximum atomic E-state index is 10.9. The Morgan fingerprint density at radius 1 is 1.54 bits per heavy atom. The van der Waals surface area contributed by atoms with Crippen LogP contribution in [0.2, 0.25) is 0 Å². The van der Waals surface area contributed by atoms with E-state index in [9.17, 15) is 4.79 Å². The second kappa shape index (κ2) is 7.30. The number of amides is 1. The quantitative estimate of drug-likeness (QED) is 0.568. The molecule has 13 heavy (non-hydrogen) atoms. The standard InChI is InChI=1S/C7H11NO2.CHO2/c1-2-7(9)8-3-5-10-6-4-8;2-1-3/h2H,1,3-6H2;(H,2,3). The largest absolute Gasteiger partial charge is 0.473 e. The van der Waals surface area contributed by atoms with Crippen LogP contribution in [0.15, 0.2) is 12.7 Å². The summed E-state index contributed by atoms with van der Waals surface area (Å²) in [6.45, 7) is 6.61. The molecule has 1 amide bonds. The average molecular weight is 186 g/mol. The minimum absolute atomic E-state index is 0.00306. The summed E-state index contributed by atoms with van der Waals surface area (Å²) >= 11 is 0. The van der Waals surface area contributed by atoms with Gasteiger partial charge in [0.05, 0.1) is 13.2 Å². The minimum atomic E-state index is 0.00306. The molecule has 1 aliphatic heterocycles. The second-order valence-electron chi connectivity index (χ2n) is 2.23. The first-order valence-corrected chi connectivity index (χ1v) is 3.76. The van der Waals surface area contributed by atoms with Crippen molar-refractivity contribution in [2.75, 3.05) is 26.3 Å². The van der Waals surface area contributed by atoms with Crippen molar-refractivity contribution in [3.05, 3.63) is 12.7 Å². The second-order valence-corrected chi connectivity index (χ2v) is 2.23. The Kier molecular flexibility index (Phi) is 6.53. The minimum Gasteiger partial charge on any atom is -0.473 e. The Bertz CT molecular complexity index is 175. The van der Waals surface area contributed by atoms with Crippen molar-refractivity contribution < 1.29 is 19.4 Å². The number of hydrogen-bond donors (Lipinski definition) is 1. The summed E-state index contributed by atoms with van der Waals surface area (Å²) in [5.41, 5.74) is 0. The lowest BCUT2D eigenvalue weighted by Gasteiger charge is -2.25. The van der Waals surface area contributed by atoms with Gasteiger partial charge in [-0.25, -0.2) is 4.79 Å². The van der Waals surface area contributed by atoms with E-state index >= 15 is 0 Å². The molecule has 5 heteroatoms. The summed E-state index contributed by atoms with van der Waals surface area (Å²) in [4.78, 5) is 20.9. The zero-order valence-electron chi connectivity index (χ0n) is 7.23. The van der Waals surface area contributed by atoms with Crippen LogP contribution in [0.4, 0.5) is 0 Å². The Hall–Kier alpha value is -1.36. The van der Waals surface area contributed by atoms with Crippen LogP contribution in [0.3, 0.4) is 0 Å². The Morgan fingerprint density at radius 2 is 2.00 bits per heavy atom. The van der Waals surface area contributed by atoms with E-state index in [1.54, 1.807) is 4.90 Å². The van der Waals surface area contributed by atoms with Gasteiger partial charge in [0.2, 0.25) is 5.91 Å². The number of ether oxygens (including phenoxy) is 1. The van der Waals surface area contributed by atoms with E-state index in [4.69, 9.17) is 14.6 Å². The van der Waals surface area contributed by atoms with Gasteiger partial charge in [0.15, 0.2) is 0 Å². The molecule has 5 nitrogen and oxygen atoms in total. The molecule has 0 unspecified atom stereocenters. The SMILES string of the molecule is C=CC(=O)N1CCOCC1.O=[C]O. The highest BCUT2D eigenvalue weighted by molar-refractivity contribution is 5.87. The van der Waals surface area contributed by atoms with Gasteiger partial charge in [-0.1, -0.05) is 6.58 Å². The molecule has 0 spiro atoms. The molecule has 1 saturated heterocycles. The molecule has 73 valence electrons. The Balaban J connectivity index is 0.000000424. The molecule has 0 saturated carbocycles. The van der Waals surface area contributed by atoms with E-state index in [0.717, 1.165) is 0 Å². The van der Waals surface area contributed by atoms with Gasteiger partial charge in [-0.2, -0.15) is 0 Å². The summed E-state index contributed by atoms with van der Waals surface area (Å²) < 4.78 is 5.07. The van der Waals surface area contributed by atoms with Crippen LogP contribution < -0.4 is 0 Å². The van der Waals surface area contributed by atoms with Crippen LogP contribution in [-0.2, 0) is 14.3 Å². The molecular weight excluding hydrogens is 174 g/mol. The lowest BCUT2D eigenvalue weighted by atomic mass is 10.4. The van der Waals surface area contributed by atoms with Crippen LogP contribution in [0.25, 0.3) is 0 Å². The van der Waals surface area contributed by atoms with Gasteiger partial charge in [-0.3, -0.25) is 4.79 Å². The van der Waals surface area contributed by atoms with Gasteiger partial charge >= 0.3 is 6.47 Å². The Morgan fingerprint density at radius 3 is 2.38 bits per heavy atom. The van der Waals surface area contributed by atoms with Gasteiger partial charge in [0, 0.05) is 13.1 Å². The highest BCUT2D eigenvalue weighted by Crippen LogP contribution is 1.96. The van der Waals surface area contributed by atoms with Crippen molar-refractivity contribution >= 4 is 12.4 Å². The smallest absolute Gasteiger partial charge is 0.414 e. The van der Waals surface area contributed by atoms with E-state index in [-0.39, 0.29) is 5.91 Å². The highest BCUT2D eigenvalue weighted by Gasteiger charge is 2.12. The van der Waals surface area contributed by atoms with E-state index in [1.807, 2.05) is 0 Å². The van der Waals surface area contributed by atoms with E-state index in [2.05, 4.69) is 6.58 Å². The zero-order chi connectivity index (χ0) is 10.1. The number of morpholine rings is 1. The maximum Gasteiger partial charge on any atom is 0.414 e. The van der Waals surface area contributed by atoms with Crippen molar-refractivity contribution in [2.24, 2.45) is 0 Å². The van der Waals surface area contributed by atoms with Crippen molar-refractivity contribution in [3.63, 3.8) is 0 Å². The molecule has 1 heterocycles. The number of rotatable bonds is 1. The first kappa shape index (κ1) is 11.6. The van der Waals surface area contributed by atoms with Crippen molar-refractivity contribution in [3.8, 4) is 0 Å². The molecule has 1 fully saturated rings. The van der Waals surface area contributed by atoms with Crippen molar-refractivity contribution in [1.82, 2.24) is 4.90 Å². The number of carbonyl (C=O) groups excluding carboxylic acids is 1. The average Bonchev–Trinajstić information content (AvgIpc) is 2.19. The van der Waals surface area contributed by atoms with Gasteiger partial charge in [-0.15, -0.1) is 0 Å². The van der Waals surface area contributed by atoms with Gasteiger partial charge in [0.25, 0.3) is 0 Å². The molecule has 1 aliphatic rings. The first-order chi connectivity index (χ1) is 6.26. The maximum absolute atomic E-state index is 10.9. The molecule has 1 N–H and O–H groups in total. The van der Waals surface area contributed by atoms with Crippen molar-refractivity contribution in [2.45, 2.75) is 0 Å². The topological polar surface area (TPSA) is 66.8 Å². The predicted molar refractivity (Wildman–Crippen MR) is 45.9 cm³/mol. The summed E-state index contributed by atoms with van der Waals surface area (Å²) in [7, 11) is 0. The van der Waals surface area contributed by atoms with Gasteiger partial charge < -0.3 is 14.7 Å². The zero-order valence-corrected chi connectivity index (χ0v) is 7.23. The summed E-state index contributed by atoms with van der Waals surface area (Å²) in [5, 5.41) is 6.76. The highest BCUT2D eigenvalue weighted by atomic mass is 16.5. The van der Waals surface area contributed by atoms with Crippen molar-refractivity contribution in [1.29, 1.82) is 0 Å². The van der Waals surface area contributed by atoms with Crippen LogP contribution in [0.1, 0.15) is 0 Å². The fourth-order valence-electron chi connectivity index (χ4n) is 0.913. The number of carbonyl (C=O) groups is 1. The molecular formula is C8H12NO4. The molecule has 1 radical (unpaired) electrons. The molecule has 1 rings (SSSR count). The number of hydrogen-bond acceptors (Lipinski definition) is 3. The third-order valence-corrected chi connectivity index (χ3v) is 1.50. The van der Waals surface area contributed by atoms with Gasteiger partial charge in [-0.05, 0) is 6.08 Å². The fourth-order valence-corrected chi connectivity index (χ4v) is 0.913. The summed E-state index contributed by atoms with van der Waals surface area (Å²) in [6, 6.07) is 0. The van der Waals surface area contributed by atoms with Gasteiger partial charge in [0.1, 0.15) is 0 Å². The third-order valence-electron chi connectivity index (χ3n) is 1.50. The number of nitrogens with zero attached hydrogens (tertiary/aromatic N) is 1. The molecule has 0 atom stereocenters. The molecule has 0 aromatic heterocycles. The monoisotopic (exact) mass is 186 g/mol. The first-order valence-electron chi connectivity index (χ1n) is 3.76. The lowest BCUT2D eigenvalue weighted by Crippen LogP contribution is -2.39. The van der Waals surface area contributed by atoms with Crippen LogP contribution in [0.5, 0.6) is 0 Å². The molecule has 0 aromatic rings. The van der Waals surface area contributed by atoms with E-state index in [1.165, 1.54) is 6.08 Å². The summed E-state index contributed by atoms with van der Waals surface area (Å²) in [5.74, 6) is 0.00306. The molecule has 0 bridgehead atoms. The van der Waals surface area contributed by atoms with E-state index < -0.39 is 0 Å². The predicted octanol–water partition coefficient (Wildman–Crippen LogP) is -0.357. The van der Waals surface area contributed by atoms with E-state index in [0.29, 0.717) is 32.8 Å².